The molecule has 0 unspecified atom stereocenters. The molecular formula is C52H45N5O. The molecule has 0 atom stereocenters. The Morgan fingerprint density at radius 3 is 1.88 bits per heavy atom. The Morgan fingerprint density at radius 1 is 0.500 bits per heavy atom. The first-order chi connectivity index (χ1) is 27.9. The van der Waals surface area contributed by atoms with Gasteiger partial charge in [-0.25, -0.2) is 15.0 Å². The van der Waals surface area contributed by atoms with Gasteiger partial charge in [0.15, 0.2) is 0 Å². The molecule has 58 heavy (non-hydrogen) atoms. The lowest BCUT2D eigenvalue weighted by Gasteiger charge is -2.26. The highest BCUT2D eigenvalue weighted by molar-refractivity contribution is 6.12. The molecule has 0 aliphatic carbocycles. The van der Waals surface area contributed by atoms with Gasteiger partial charge in [-0.3, -0.25) is 9.55 Å². The first kappa shape index (κ1) is 36.7. The van der Waals surface area contributed by atoms with Crippen molar-refractivity contribution in [1.82, 2.24) is 24.5 Å². The van der Waals surface area contributed by atoms with Gasteiger partial charge >= 0.3 is 0 Å². The van der Waals surface area contributed by atoms with Gasteiger partial charge in [-0.15, -0.1) is 0 Å². The number of nitrogens with zero attached hydrogens (tertiary/aromatic N) is 5. The lowest BCUT2D eigenvalue weighted by Crippen LogP contribution is -2.16. The molecule has 0 aliphatic heterocycles. The second-order valence-electron chi connectivity index (χ2n) is 17.1. The van der Waals surface area contributed by atoms with Crippen LogP contribution in [-0.4, -0.2) is 29.6 Å². The molecule has 0 amide bonds. The van der Waals surface area contributed by atoms with Crippen LogP contribution < -0.4 is 0 Å². The van der Waals surface area contributed by atoms with E-state index in [0.29, 0.717) is 11.3 Å². The monoisotopic (exact) mass is 755 g/mol. The third kappa shape index (κ3) is 6.81. The summed E-state index contributed by atoms with van der Waals surface area (Å²) in [5.74, 6) is 0.194. The van der Waals surface area contributed by atoms with E-state index < -0.39 is 0 Å². The van der Waals surface area contributed by atoms with Crippen molar-refractivity contribution in [3.05, 3.63) is 169 Å². The van der Waals surface area contributed by atoms with Crippen LogP contribution in [0, 0.1) is 0 Å². The molecule has 4 aromatic heterocycles. The average molecular weight is 756 g/mol. The molecule has 4 heterocycles. The number of benzene rings is 5. The first-order valence-electron chi connectivity index (χ1n) is 19.7. The van der Waals surface area contributed by atoms with Gasteiger partial charge in [-0.2, -0.15) is 0 Å². The van der Waals surface area contributed by atoms with Crippen LogP contribution in [0.15, 0.2) is 158 Å². The maximum absolute atomic E-state index is 11.0. The Hall–Kier alpha value is -6.92. The van der Waals surface area contributed by atoms with Crippen LogP contribution in [0.4, 0.5) is 0 Å². The lowest BCUT2D eigenvalue weighted by molar-refractivity contribution is 0.477. The molecular weight excluding hydrogens is 711 g/mol. The molecule has 0 radical (unpaired) electrons. The highest BCUT2D eigenvalue weighted by Gasteiger charge is 2.23. The number of rotatable bonds is 6. The smallest absolute Gasteiger partial charge is 0.149 e. The van der Waals surface area contributed by atoms with E-state index in [1.165, 1.54) is 11.1 Å². The van der Waals surface area contributed by atoms with E-state index in [4.69, 9.17) is 15.0 Å². The summed E-state index contributed by atoms with van der Waals surface area (Å²) in [5, 5.41) is 13.1. The molecule has 5 aromatic carbocycles. The number of pyridine rings is 2. The number of fused-ring (bicyclic) bond motifs is 3. The summed E-state index contributed by atoms with van der Waals surface area (Å²) in [6.07, 6.45) is 5.39. The molecule has 1 N–H and O–H groups in total. The summed E-state index contributed by atoms with van der Waals surface area (Å²) in [4.78, 5) is 19.2. The van der Waals surface area contributed by atoms with Crippen molar-refractivity contribution in [2.75, 3.05) is 0 Å². The van der Waals surface area contributed by atoms with Crippen LogP contribution in [0.2, 0.25) is 0 Å². The summed E-state index contributed by atoms with van der Waals surface area (Å²) < 4.78 is 2.23. The Labute approximate surface area is 339 Å². The van der Waals surface area contributed by atoms with Crippen LogP contribution in [-0.2, 0) is 10.8 Å². The molecule has 0 bridgehead atoms. The highest BCUT2D eigenvalue weighted by atomic mass is 16.3. The summed E-state index contributed by atoms with van der Waals surface area (Å²) >= 11 is 0. The van der Waals surface area contributed by atoms with Gasteiger partial charge in [0.1, 0.15) is 17.7 Å². The largest absolute Gasteiger partial charge is 0.507 e. The minimum Gasteiger partial charge on any atom is -0.507 e. The molecule has 6 heteroatoms. The molecule has 0 aliphatic rings. The third-order valence-electron chi connectivity index (χ3n) is 11.0. The molecule has 9 rings (SSSR count). The fourth-order valence-corrected chi connectivity index (χ4v) is 7.79. The minimum atomic E-state index is -0.0417. The predicted molar refractivity (Wildman–Crippen MR) is 238 cm³/mol. The van der Waals surface area contributed by atoms with Gasteiger partial charge in [0, 0.05) is 51.1 Å². The van der Waals surface area contributed by atoms with Crippen molar-refractivity contribution < 1.29 is 5.11 Å². The Kier molecular flexibility index (Phi) is 9.00. The van der Waals surface area contributed by atoms with Crippen molar-refractivity contribution in [3.63, 3.8) is 0 Å². The van der Waals surface area contributed by atoms with Crippen LogP contribution in [0.5, 0.6) is 5.75 Å². The van der Waals surface area contributed by atoms with Crippen LogP contribution in [0.25, 0.3) is 83.6 Å². The Bertz CT molecular complexity index is 2950. The van der Waals surface area contributed by atoms with Crippen LogP contribution in [0.3, 0.4) is 0 Å². The normalized spacial score (nSPS) is 12.0. The standard InChI is InChI=1S/C52H45N5O/c1-51(2,3)38-25-36(26-39(30-38)52(4,5)6)37-28-46(56-47(29-37)43-18-10-11-21-48(43)58)35-15-12-14-34(24-35)45-27-33(22-23-54-45)41-19-13-20-42-44-31-53-32-55-50(44)57(49(41)42)40-16-8-7-9-17-40/h7-32,58H,1-6H3. The maximum Gasteiger partial charge on any atom is 0.149 e. The number of aromatic nitrogens is 5. The summed E-state index contributed by atoms with van der Waals surface area (Å²) in [7, 11) is 0. The van der Waals surface area contributed by atoms with E-state index in [2.05, 4.69) is 160 Å². The van der Waals surface area contributed by atoms with E-state index in [9.17, 15) is 5.11 Å². The molecule has 284 valence electrons. The van der Waals surface area contributed by atoms with Crippen molar-refractivity contribution in [2.45, 2.75) is 52.4 Å². The molecule has 0 saturated carbocycles. The van der Waals surface area contributed by atoms with Crippen molar-refractivity contribution >= 4 is 21.9 Å². The van der Waals surface area contributed by atoms with E-state index in [1.807, 2.05) is 36.7 Å². The Balaban J connectivity index is 1.19. The van der Waals surface area contributed by atoms with Gasteiger partial charge in [0.25, 0.3) is 0 Å². The van der Waals surface area contributed by atoms with Gasteiger partial charge in [-0.05, 0) is 93.2 Å². The summed E-state index contributed by atoms with van der Waals surface area (Å²) in [5.41, 5.74) is 14.7. The second-order valence-corrected chi connectivity index (χ2v) is 17.1. The number of hydrogen-bond acceptors (Lipinski definition) is 5. The maximum atomic E-state index is 11.0. The number of phenols is 1. The van der Waals surface area contributed by atoms with Gasteiger partial charge in [0.05, 0.1) is 22.6 Å². The molecule has 0 spiro atoms. The highest BCUT2D eigenvalue weighted by Crippen LogP contribution is 2.40. The average Bonchev–Trinajstić information content (AvgIpc) is 3.58. The van der Waals surface area contributed by atoms with E-state index in [0.717, 1.165) is 72.4 Å². The zero-order chi connectivity index (χ0) is 40.2. The number of aromatic hydroxyl groups is 1. The van der Waals surface area contributed by atoms with Gasteiger partial charge in [0.2, 0.25) is 0 Å². The SMILES string of the molecule is CC(C)(C)c1cc(-c2cc(-c3cccc(-c4cc(-c5cccc6c7cncnc7n(-c7ccccc7)c56)ccn4)c3)nc(-c3ccccc3O)c2)cc(C(C)(C)C)c1. The molecule has 0 fully saturated rings. The van der Waals surface area contributed by atoms with Crippen molar-refractivity contribution in [3.8, 4) is 67.5 Å². The van der Waals surface area contributed by atoms with Crippen molar-refractivity contribution in [1.29, 1.82) is 0 Å². The van der Waals surface area contributed by atoms with Gasteiger partial charge < -0.3 is 5.11 Å². The zero-order valence-electron chi connectivity index (χ0n) is 33.7. The van der Waals surface area contributed by atoms with Gasteiger partial charge in [-0.1, -0.05) is 126 Å². The minimum absolute atomic E-state index is 0.0417. The quantitative estimate of drug-likeness (QED) is 0.183. The third-order valence-corrected chi connectivity index (χ3v) is 11.0. The number of hydrogen-bond donors (Lipinski definition) is 1. The molecule has 6 nitrogen and oxygen atoms in total. The molecule has 0 saturated heterocycles. The first-order valence-corrected chi connectivity index (χ1v) is 19.7. The van der Waals surface area contributed by atoms with Crippen LogP contribution in [0.1, 0.15) is 52.7 Å². The predicted octanol–water partition coefficient (Wildman–Crippen LogP) is 13.0. The Morgan fingerprint density at radius 2 is 1.14 bits per heavy atom. The number of para-hydroxylation sites is 3. The van der Waals surface area contributed by atoms with Crippen LogP contribution >= 0.6 is 0 Å². The fourth-order valence-electron chi connectivity index (χ4n) is 7.79. The summed E-state index contributed by atoms with van der Waals surface area (Å²) in [6, 6.07) is 48.1. The topological polar surface area (TPSA) is 76.7 Å². The lowest BCUT2D eigenvalue weighted by atomic mass is 9.79. The number of phenolic OH excluding ortho intramolecular Hbond substituents is 1. The second kappa shape index (κ2) is 14.2. The zero-order valence-corrected chi connectivity index (χ0v) is 33.7. The molecule has 9 aromatic rings. The summed E-state index contributed by atoms with van der Waals surface area (Å²) in [6.45, 7) is 13.6. The van der Waals surface area contributed by atoms with Crippen molar-refractivity contribution in [2.24, 2.45) is 0 Å². The van der Waals surface area contributed by atoms with E-state index >= 15 is 0 Å². The van der Waals surface area contributed by atoms with E-state index in [-0.39, 0.29) is 16.6 Å². The van der Waals surface area contributed by atoms with E-state index in [1.54, 1.807) is 12.4 Å². The fraction of sp³-hybridized carbons (Fsp3) is 0.154.